The summed E-state index contributed by atoms with van der Waals surface area (Å²) in [6.45, 7) is 7.83. The molecule has 4 N–H and O–H groups in total. The quantitative estimate of drug-likeness (QED) is 0.378. The number of nitrogens with zero attached hydrogens (tertiary/aromatic N) is 4. The van der Waals surface area contributed by atoms with Crippen molar-refractivity contribution >= 4 is 40.3 Å². The number of benzene rings is 1. The Bertz CT molecular complexity index is 744. The lowest BCUT2D eigenvalue weighted by Crippen LogP contribution is -2.47. The smallest absolute Gasteiger partial charge is 0.150 e. The molecule has 1 aromatic heterocycles. The summed E-state index contributed by atoms with van der Waals surface area (Å²) in [7, 11) is 0. The molecule has 0 aliphatic carbocycles. The van der Waals surface area contributed by atoms with E-state index in [2.05, 4.69) is 33.1 Å². The number of aryl methyl sites for hydroxylation is 2. The Morgan fingerprint density at radius 1 is 1.21 bits per heavy atom. The van der Waals surface area contributed by atoms with Gasteiger partial charge >= 0.3 is 0 Å². The lowest BCUT2D eigenvalue weighted by Gasteiger charge is -2.38. The first-order valence-corrected chi connectivity index (χ1v) is 8.92. The minimum Gasteiger partial charge on any atom is -0.382 e. The summed E-state index contributed by atoms with van der Waals surface area (Å²) in [5.41, 5.74) is 9.95. The standard InChI is InChI=1S/C16H21ClN6S/c1-10-15(11(2)24-21-10)23-7-5-22(6-8-23)14-9-12(16(18)20-19)3-4-13(14)17/h3-4,9H,5-8,19H2,1-2H3,(H2,18,20). The van der Waals surface area contributed by atoms with Crippen LogP contribution in [0.4, 0.5) is 11.4 Å². The highest BCUT2D eigenvalue weighted by Crippen LogP contribution is 2.31. The van der Waals surface area contributed by atoms with E-state index in [1.54, 1.807) is 11.5 Å². The van der Waals surface area contributed by atoms with Gasteiger partial charge in [-0.25, -0.2) is 0 Å². The van der Waals surface area contributed by atoms with Gasteiger partial charge in [0.25, 0.3) is 0 Å². The summed E-state index contributed by atoms with van der Waals surface area (Å²) in [5.74, 6) is 5.58. The van der Waals surface area contributed by atoms with Gasteiger partial charge in [0.05, 0.1) is 22.1 Å². The van der Waals surface area contributed by atoms with Crippen molar-refractivity contribution in [1.82, 2.24) is 4.37 Å². The van der Waals surface area contributed by atoms with E-state index in [0.717, 1.165) is 43.1 Å². The van der Waals surface area contributed by atoms with E-state index in [1.807, 2.05) is 18.2 Å². The molecular weight excluding hydrogens is 344 g/mol. The van der Waals surface area contributed by atoms with Crippen molar-refractivity contribution in [3.63, 3.8) is 0 Å². The Morgan fingerprint density at radius 2 is 1.88 bits per heavy atom. The number of nitrogens with two attached hydrogens (primary N) is 2. The van der Waals surface area contributed by atoms with E-state index >= 15 is 0 Å². The van der Waals surface area contributed by atoms with Crippen LogP contribution in [0, 0.1) is 13.8 Å². The molecule has 1 saturated heterocycles. The Balaban J connectivity index is 1.78. The van der Waals surface area contributed by atoms with Gasteiger partial charge in [-0.15, -0.1) is 0 Å². The second kappa shape index (κ2) is 6.86. The van der Waals surface area contributed by atoms with Gasteiger partial charge < -0.3 is 21.4 Å². The van der Waals surface area contributed by atoms with Crippen molar-refractivity contribution in [1.29, 1.82) is 0 Å². The number of halogens is 1. The second-order valence-electron chi connectivity index (χ2n) is 5.83. The van der Waals surface area contributed by atoms with Crippen LogP contribution in [0.15, 0.2) is 23.3 Å². The van der Waals surface area contributed by atoms with Crippen LogP contribution in [-0.2, 0) is 0 Å². The van der Waals surface area contributed by atoms with Crippen molar-refractivity contribution in [2.45, 2.75) is 13.8 Å². The second-order valence-corrected chi connectivity index (χ2v) is 7.21. The third-order valence-corrected chi connectivity index (χ3v) is 5.47. The molecule has 1 aliphatic rings. The molecule has 0 unspecified atom stereocenters. The van der Waals surface area contributed by atoms with Crippen LogP contribution >= 0.6 is 23.1 Å². The molecule has 2 heterocycles. The highest BCUT2D eigenvalue weighted by molar-refractivity contribution is 7.06. The molecule has 128 valence electrons. The molecule has 0 saturated carbocycles. The zero-order chi connectivity index (χ0) is 17.3. The molecule has 0 bridgehead atoms. The molecule has 0 spiro atoms. The van der Waals surface area contributed by atoms with Crippen LogP contribution in [0.1, 0.15) is 16.1 Å². The molecule has 1 aromatic carbocycles. The Hall–Kier alpha value is -1.99. The maximum atomic E-state index is 6.39. The molecule has 3 rings (SSSR count). The number of rotatable bonds is 3. The van der Waals surface area contributed by atoms with Gasteiger partial charge in [-0.3, -0.25) is 0 Å². The van der Waals surface area contributed by atoms with Crippen LogP contribution in [0.5, 0.6) is 0 Å². The average molecular weight is 365 g/mol. The van der Waals surface area contributed by atoms with Gasteiger partial charge in [-0.1, -0.05) is 11.6 Å². The molecule has 1 fully saturated rings. The highest BCUT2D eigenvalue weighted by Gasteiger charge is 2.23. The number of hydrazone groups is 1. The minimum atomic E-state index is 0.308. The average Bonchev–Trinajstić information content (AvgIpc) is 2.93. The summed E-state index contributed by atoms with van der Waals surface area (Å²) < 4.78 is 4.45. The molecular formula is C16H21ClN6S. The van der Waals surface area contributed by atoms with Crippen molar-refractivity contribution in [2.24, 2.45) is 16.7 Å². The fourth-order valence-electron chi connectivity index (χ4n) is 3.09. The van der Waals surface area contributed by atoms with E-state index in [9.17, 15) is 0 Å². The van der Waals surface area contributed by atoms with Crippen LogP contribution in [0.25, 0.3) is 0 Å². The lowest BCUT2D eigenvalue weighted by atomic mass is 10.1. The van der Waals surface area contributed by atoms with Crippen molar-refractivity contribution in [3.8, 4) is 0 Å². The van der Waals surface area contributed by atoms with Gasteiger partial charge in [-0.2, -0.15) is 9.47 Å². The van der Waals surface area contributed by atoms with Crippen molar-refractivity contribution in [2.75, 3.05) is 36.0 Å². The summed E-state index contributed by atoms with van der Waals surface area (Å²) in [4.78, 5) is 5.95. The largest absolute Gasteiger partial charge is 0.382 e. The Morgan fingerprint density at radius 3 is 2.46 bits per heavy atom. The topological polar surface area (TPSA) is 83.8 Å². The number of anilines is 2. The Kier molecular flexibility index (Phi) is 4.82. The normalized spacial score (nSPS) is 15.9. The van der Waals surface area contributed by atoms with Crippen LogP contribution in [0.3, 0.4) is 0 Å². The van der Waals surface area contributed by atoms with E-state index in [1.165, 1.54) is 10.6 Å². The molecule has 1 aliphatic heterocycles. The fourth-order valence-corrected chi connectivity index (χ4v) is 4.05. The van der Waals surface area contributed by atoms with E-state index in [4.69, 9.17) is 23.2 Å². The maximum absolute atomic E-state index is 6.39. The van der Waals surface area contributed by atoms with E-state index in [0.29, 0.717) is 10.9 Å². The molecule has 0 radical (unpaired) electrons. The van der Waals surface area contributed by atoms with Gasteiger partial charge in [0.2, 0.25) is 0 Å². The van der Waals surface area contributed by atoms with E-state index in [-0.39, 0.29) is 0 Å². The maximum Gasteiger partial charge on any atom is 0.150 e. The lowest BCUT2D eigenvalue weighted by molar-refractivity contribution is 0.651. The molecule has 24 heavy (non-hydrogen) atoms. The number of hydrogen-bond acceptors (Lipinski definition) is 6. The van der Waals surface area contributed by atoms with Crippen molar-refractivity contribution < 1.29 is 0 Å². The molecule has 0 amide bonds. The first-order valence-electron chi connectivity index (χ1n) is 7.77. The molecule has 2 aromatic rings. The first-order chi connectivity index (χ1) is 11.5. The zero-order valence-corrected chi connectivity index (χ0v) is 15.4. The molecule has 0 atom stereocenters. The van der Waals surface area contributed by atoms with Crippen LogP contribution in [0.2, 0.25) is 5.02 Å². The monoisotopic (exact) mass is 364 g/mol. The summed E-state index contributed by atoms with van der Waals surface area (Å²) >= 11 is 7.95. The highest BCUT2D eigenvalue weighted by atomic mass is 35.5. The van der Waals surface area contributed by atoms with Crippen molar-refractivity contribution in [3.05, 3.63) is 39.4 Å². The SMILES string of the molecule is Cc1nsc(C)c1N1CCN(c2cc(/C(N)=N/N)ccc2Cl)CC1. The molecule has 6 nitrogen and oxygen atoms in total. The minimum absolute atomic E-state index is 0.308. The number of amidine groups is 1. The summed E-state index contributed by atoms with van der Waals surface area (Å²) in [6.07, 6.45) is 0. The van der Waals surface area contributed by atoms with Gasteiger partial charge in [0.1, 0.15) is 5.84 Å². The zero-order valence-electron chi connectivity index (χ0n) is 13.8. The van der Waals surface area contributed by atoms with Gasteiger partial charge in [0, 0.05) is 36.6 Å². The number of hydrogen-bond donors (Lipinski definition) is 2. The number of piperazine rings is 1. The van der Waals surface area contributed by atoms with E-state index < -0.39 is 0 Å². The summed E-state index contributed by atoms with van der Waals surface area (Å²) in [6, 6.07) is 5.62. The van der Waals surface area contributed by atoms with Gasteiger partial charge in [-0.05, 0) is 43.6 Å². The fraction of sp³-hybridized carbons (Fsp3) is 0.375. The third-order valence-electron chi connectivity index (χ3n) is 4.31. The predicted molar refractivity (Wildman–Crippen MR) is 102 cm³/mol. The molecule has 8 heteroatoms. The van der Waals surface area contributed by atoms with Crippen LogP contribution < -0.4 is 21.4 Å². The predicted octanol–water partition coefficient (Wildman–Crippen LogP) is 2.32. The van der Waals surface area contributed by atoms with Crippen LogP contribution in [-0.4, -0.2) is 36.4 Å². The Labute approximate surface area is 150 Å². The first kappa shape index (κ1) is 16.9. The third kappa shape index (κ3) is 3.14. The summed E-state index contributed by atoms with van der Waals surface area (Å²) in [5, 5.41) is 4.27. The van der Waals surface area contributed by atoms with Gasteiger partial charge in [0.15, 0.2) is 0 Å². The number of aromatic nitrogens is 1.